The molecule has 0 amide bonds. The van der Waals surface area contributed by atoms with Crippen LogP contribution in [-0.4, -0.2) is 64.9 Å². The Kier molecular flexibility index (Phi) is 13.7. The molecule has 1 unspecified atom stereocenters. The molecule has 6 nitrogen and oxygen atoms in total. The van der Waals surface area contributed by atoms with Crippen LogP contribution in [0.15, 0.2) is 0 Å². The van der Waals surface area contributed by atoms with Crippen LogP contribution in [0.2, 0.25) is 0 Å². The van der Waals surface area contributed by atoms with Gasteiger partial charge in [0.05, 0.1) is 52.7 Å². The van der Waals surface area contributed by atoms with Crippen molar-refractivity contribution in [3.8, 4) is 0 Å². The molecule has 0 rings (SSSR count). The fourth-order valence-electron chi connectivity index (χ4n) is 1.08. The highest BCUT2D eigenvalue weighted by molar-refractivity contribution is 6.19. The average Bonchev–Trinajstić information content (AvgIpc) is 2.35. The van der Waals surface area contributed by atoms with Crippen molar-refractivity contribution in [1.29, 1.82) is 0 Å². The second kappa shape index (κ2) is 14.0. The third-order valence-electron chi connectivity index (χ3n) is 1.92. The molecule has 0 spiro atoms. The summed E-state index contributed by atoms with van der Waals surface area (Å²) in [6.45, 7) is 4.98. The summed E-state index contributed by atoms with van der Waals surface area (Å²) in [4.78, 5) is 11.1. The number of ether oxygens (including phenoxy) is 5. The third-order valence-corrected chi connectivity index (χ3v) is 2.01. The SMILES string of the molecule is COCCOCCOCCOCCC(=O)OC(C)Cl. The number of rotatable bonds is 13. The number of halogens is 1. The lowest BCUT2D eigenvalue weighted by Gasteiger charge is -2.07. The van der Waals surface area contributed by atoms with Crippen molar-refractivity contribution in [3.05, 3.63) is 0 Å². The fraction of sp³-hybridized carbons (Fsp3) is 0.917. The van der Waals surface area contributed by atoms with Gasteiger partial charge in [-0.2, -0.15) is 0 Å². The molecule has 0 heterocycles. The minimum Gasteiger partial charge on any atom is -0.446 e. The van der Waals surface area contributed by atoms with Crippen molar-refractivity contribution in [2.45, 2.75) is 18.9 Å². The van der Waals surface area contributed by atoms with Crippen LogP contribution < -0.4 is 0 Å². The molecule has 7 heteroatoms. The standard InChI is InChI=1S/C12H23ClO6/c1-11(13)19-12(14)3-4-16-7-8-18-10-9-17-6-5-15-2/h11H,3-10H2,1-2H3. The predicted molar refractivity (Wildman–Crippen MR) is 70.4 cm³/mol. The van der Waals surface area contributed by atoms with Gasteiger partial charge in [-0.15, -0.1) is 0 Å². The maximum Gasteiger partial charge on any atom is 0.309 e. The highest BCUT2D eigenvalue weighted by Gasteiger charge is 2.05. The van der Waals surface area contributed by atoms with Crippen molar-refractivity contribution >= 4 is 17.6 Å². The highest BCUT2D eigenvalue weighted by Crippen LogP contribution is 1.98. The van der Waals surface area contributed by atoms with Crippen LogP contribution in [0.5, 0.6) is 0 Å². The van der Waals surface area contributed by atoms with Gasteiger partial charge in [-0.1, -0.05) is 11.6 Å². The van der Waals surface area contributed by atoms with E-state index in [2.05, 4.69) is 0 Å². The molecular weight excluding hydrogens is 276 g/mol. The van der Waals surface area contributed by atoms with Crippen LogP contribution in [0.25, 0.3) is 0 Å². The minimum absolute atomic E-state index is 0.192. The molecular formula is C12H23ClO6. The summed E-state index contributed by atoms with van der Waals surface area (Å²) in [5, 5.41) is 0. The molecule has 0 saturated heterocycles. The Hall–Kier alpha value is -0.400. The van der Waals surface area contributed by atoms with Crippen molar-refractivity contribution in [1.82, 2.24) is 0 Å². The second-order valence-corrected chi connectivity index (χ2v) is 4.23. The quantitative estimate of drug-likeness (QED) is 0.289. The summed E-state index contributed by atoms with van der Waals surface area (Å²) in [6.07, 6.45) is 0.192. The van der Waals surface area contributed by atoms with E-state index in [0.29, 0.717) is 46.2 Å². The molecule has 0 aromatic carbocycles. The van der Waals surface area contributed by atoms with E-state index in [4.69, 9.17) is 35.3 Å². The van der Waals surface area contributed by atoms with Crippen molar-refractivity contribution in [2.75, 3.05) is 53.4 Å². The van der Waals surface area contributed by atoms with E-state index in [1.165, 1.54) is 0 Å². The van der Waals surface area contributed by atoms with E-state index in [-0.39, 0.29) is 12.4 Å². The van der Waals surface area contributed by atoms with E-state index in [0.717, 1.165) is 0 Å². The molecule has 0 aliphatic carbocycles. The zero-order chi connectivity index (χ0) is 14.3. The number of carbonyl (C=O) groups is 1. The maximum atomic E-state index is 11.1. The molecule has 114 valence electrons. The van der Waals surface area contributed by atoms with Gasteiger partial charge >= 0.3 is 5.97 Å². The van der Waals surface area contributed by atoms with Crippen LogP contribution in [0.1, 0.15) is 13.3 Å². The molecule has 0 fully saturated rings. The lowest BCUT2D eigenvalue weighted by atomic mass is 10.5. The number of esters is 1. The Morgan fingerprint density at radius 3 is 1.89 bits per heavy atom. The van der Waals surface area contributed by atoms with Gasteiger partial charge in [0.25, 0.3) is 0 Å². The smallest absolute Gasteiger partial charge is 0.309 e. The Labute approximate surface area is 119 Å². The third kappa shape index (κ3) is 15.5. The van der Waals surface area contributed by atoms with E-state index >= 15 is 0 Å². The summed E-state index contributed by atoms with van der Waals surface area (Å²) in [6, 6.07) is 0. The first-order valence-electron chi connectivity index (χ1n) is 6.22. The summed E-state index contributed by atoms with van der Waals surface area (Å²) in [7, 11) is 1.63. The summed E-state index contributed by atoms with van der Waals surface area (Å²) < 4.78 is 25.2. The second-order valence-electron chi connectivity index (χ2n) is 3.61. The van der Waals surface area contributed by atoms with Gasteiger partial charge in [0, 0.05) is 7.11 Å². The lowest BCUT2D eigenvalue weighted by Crippen LogP contribution is -2.14. The number of methoxy groups -OCH3 is 1. The van der Waals surface area contributed by atoms with E-state index in [1.807, 2.05) is 0 Å². The minimum atomic E-state index is -0.603. The molecule has 0 aromatic rings. The van der Waals surface area contributed by atoms with E-state index < -0.39 is 5.56 Å². The zero-order valence-corrected chi connectivity index (χ0v) is 12.3. The maximum absolute atomic E-state index is 11.1. The van der Waals surface area contributed by atoms with Crippen molar-refractivity contribution < 1.29 is 28.5 Å². The first kappa shape index (κ1) is 18.6. The summed E-state index contributed by atoms with van der Waals surface area (Å²) in [5.74, 6) is -0.366. The molecule has 0 aliphatic heterocycles. The van der Waals surface area contributed by atoms with Gasteiger partial charge in [0.15, 0.2) is 5.56 Å². The molecule has 0 aromatic heterocycles. The van der Waals surface area contributed by atoms with Gasteiger partial charge in [0.2, 0.25) is 0 Å². The first-order valence-corrected chi connectivity index (χ1v) is 6.66. The van der Waals surface area contributed by atoms with Gasteiger partial charge in [-0.05, 0) is 6.92 Å². The zero-order valence-electron chi connectivity index (χ0n) is 11.6. The van der Waals surface area contributed by atoms with Gasteiger partial charge < -0.3 is 23.7 Å². The predicted octanol–water partition coefficient (Wildman–Crippen LogP) is 1.20. The normalized spacial score (nSPS) is 12.4. The number of alkyl halides is 1. The summed E-state index contributed by atoms with van der Waals surface area (Å²) in [5.41, 5.74) is -0.603. The van der Waals surface area contributed by atoms with Crippen LogP contribution >= 0.6 is 11.6 Å². The summed E-state index contributed by atoms with van der Waals surface area (Å²) >= 11 is 5.49. The molecule has 0 radical (unpaired) electrons. The van der Waals surface area contributed by atoms with Gasteiger partial charge in [-0.3, -0.25) is 4.79 Å². The Bertz CT molecular complexity index is 212. The Morgan fingerprint density at radius 2 is 1.42 bits per heavy atom. The number of hydrogen-bond donors (Lipinski definition) is 0. The van der Waals surface area contributed by atoms with Gasteiger partial charge in [-0.25, -0.2) is 0 Å². The monoisotopic (exact) mass is 298 g/mol. The first-order chi connectivity index (χ1) is 9.16. The number of hydrogen-bond acceptors (Lipinski definition) is 6. The fourth-order valence-corrected chi connectivity index (χ4v) is 1.18. The lowest BCUT2D eigenvalue weighted by molar-refractivity contribution is -0.146. The van der Waals surface area contributed by atoms with Crippen LogP contribution in [0, 0.1) is 0 Å². The van der Waals surface area contributed by atoms with Crippen molar-refractivity contribution in [3.63, 3.8) is 0 Å². The van der Waals surface area contributed by atoms with Crippen LogP contribution in [-0.2, 0) is 28.5 Å². The Morgan fingerprint density at radius 1 is 0.947 bits per heavy atom. The molecule has 0 bridgehead atoms. The van der Waals surface area contributed by atoms with Crippen LogP contribution in [0.3, 0.4) is 0 Å². The molecule has 0 saturated carbocycles. The average molecular weight is 299 g/mol. The molecule has 1 atom stereocenters. The van der Waals surface area contributed by atoms with E-state index in [1.54, 1.807) is 14.0 Å². The molecule has 19 heavy (non-hydrogen) atoms. The largest absolute Gasteiger partial charge is 0.446 e. The van der Waals surface area contributed by atoms with E-state index in [9.17, 15) is 4.79 Å². The topological polar surface area (TPSA) is 63.2 Å². The van der Waals surface area contributed by atoms with Crippen molar-refractivity contribution in [2.24, 2.45) is 0 Å². The molecule has 0 aliphatic rings. The highest BCUT2D eigenvalue weighted by atomic mass is 35.5. The van der Waals surface area contributed by atoms with Crippen LogP contribution in [0.4, 0.5) is 0 Å². The Balaban J connectivity index is 3.08. The number of carbonyl (C=O) groups excluding carboxylic acids is 1. The van der Waals surface area contributed by atoms with Gasteiger partial charge in [0.1, 0.15) is 0 Å². The molecule has 0 N–H and O–H groups in total.